The molecule has 7 nitrogen and oxygen atoms in total. The first-order valence-corrected chi connectivity index (χ1v) is 6.52. The Morgan fingerprint density at radius 3 is 2.42 bits per heavy atom. The molecule has 0 aromatic rings. The molecule has 1 fully saturated rings. The van der Waals surface area contributed by atoms with Crippen molar-refractivity contribution in [1.29, 1.82) is 0 Å². The molecule has 0 aromatic heterocycles. The summed E-state index contributed by atoms with van der Waals surface area (Å²) in [5.74, 6) is -2.11. The molecule has 0 bridgehead atoms. The third kappa shape index (κ3) is 5.69. The molecular formula is C12H21N3O4. The largest absolute Gasteiger partial charge is 0.480 e. The van der Waals surface area contributed by atoms with Crippen LogP contribution >= 0.6 is 0 Å². The normalized spacial score (nSPS) is 23.2. The summed E-state index contributed by atoms with van der Waals surface area (Å²) in [5, 5.41) is 13.1. The zero-order valence-corrected chi connectivity index (χ0v) is 10.9. The van der Waals surface area contributed by atoms with Gasteiger partial charge in [-0.25, -0.2) is 0 Å². The molecule has 0 radical (unpaired) electrons. The number of carbonyl (C=O) groups excluding carboxylic acids is 2. The Labute approximate surface area is 111 Å². The maximum atomic E-state index is 11.9. The van der Waals surface area contributed by atoms with Crippen LogP contribution in [-0.4, -0.2) is 42.0 Å². The van der Waals surface area contributed by atoms with E-state index in [1.165, 1.54) is 0 Å². The van der Waals surface area contributed by atoms with Gasteiger partial charge in [0.1, 0.15) is 6.54 Å². The van der Waals surface area contributed by atoms with E-state index in [-0.39, 0.29) is 24.4 Å². The molecule has 1 rings (SSSR count). The van der Waals surface area contributed by atoms with Gasteiger partial charge >= 0.3 is 5.97 Å². The number of carboxylic acid groups (broad SMARTS) is 1. The summed E-state index contributed by atoms with van der Waals surface area (Å²) in [6, 6.07) is -0.162. The summed E-state index contributed by atoms with van der Waals surface area (Å²) in [6.07, 6.45) is 4.64. The monoisotopic (exact) mass is 271 g/mol. The maximum absolute atomic E-state index is 11.9. The second kappa shape index (κ2) is 7.73. The number of hydrogen-bond donors (Lipinski definition) is 4. The number of carboxylic acids is 1. The minimum Gasteiger partial charge on any atom is -0.480 e. The Kier molecular flexibility index (Phi) is 6.27. The predicted octanol–water partition coefficient (Wildman–Crippen LogP) is -0.789. The number of aliphatic carboxylic acids is 1. The van der Waals surface area contributed by atoms with Crippen LogP contribution in [0.4, 0.5) is 0 Å². The van der Waals surface area contributed by atoms with Crippen LogP contribution in [0.2, 0.25) is 0 Å². The Hall–Kier alpha value is -1.63. The molecule has 1 aliphatic rings. The number of hydrogen-bond acceptors (Lipinski definition) is 4. The highest BCUT2D eigenvalue weighted by molar-refractivity contribution is 5.87. The summed E-state index contributed by atoms with van der Waals surface area (Å²) >= 11 is 0. The van der Waals surface area contributed by atoms with Gasteiger partial charge in [-0.1, -0.05) is 19.3 Å². The van der Waals surface area contributed by atoms with E-state index in [1.807, 2.05) is 0 Å². The van der Waals surface area contributed by atoms with Gasteiger partial charge in [-0.15, -0.1) is 0 Å². The fourth-order valence-electron chi connectivity index (χ4n) is 2.20. The third-order valence-corrected chi connectivity index (χ3v) is 3.27. The van der Waals surface area contributed by atoms with Crippen LogP contribution < -0.4 is 16.4 Å². The van der Waals surface area contributed by atoms with Gasteiger partial charge in [0.2, 0.25) is 11.8 Å². The van der Waals surface area contributed by atoms with Crippen molar-refractivity contribution in [2.45, 2.75) is 38.1 Å². The van der Waals surface area contributed by atoms with Gasteiger partial charge < -0.3 is 21.5 Å². The first kappa shape index (κ1) is 15.4. The SMILES string of the molecule is NC1CCCCCC1C(=O)NCC(=O)NCC(=O)O. The highest BCUT2D eigenvalue weighted by Gasteiger charge is 2.27. The van der Waals surface area contributed by atoms with Crippen LogP contribution in [0.25, 0.3) is 0 Å². The van der Waals surface area contributed by atoms with Crippen molar-refractivity contribution in [1.82, 2.24) is 10.6 Å². The minimum absolute atomic E-state index is 0.162. The molecular weight excluding hydrogens is 250 g/mol. The Bertz CT molecular complexity index is 346. The van der Waals surface area contributed by atoms with E-state index in [2.05, 4.69) is 10.6 Å². The third-order valence-electron chi connectivity index (χ3n) is 3.27. The molecule has 1 aliphatic carbocycles. The molecule has 0 aliphatic heterocycles. The van der Waals surface area contributed by atoms with E-state index >= 15 is 0 Å². The number of carbonyl (C=O) groups is 3. The van der Waals surface area contributed by atoms with E-state index in [1.54, 1.807) is 0 Å². The van der Waals surface area contributed by atoms with Gasteiger partial charge in [-0.2, -0.15) is 0 Å². The van der Waals surface area contributed by atoms with Crippen LogP contribution in [0, 0.1) is 5.92 Å². The van der Waals surface area contributed by atoms with E-state index in [9.17, 15) is 14.4 Å². The van der Waals surface area contributed by atoms with Gasteiger partial charge in [0.05, 0.1) is 12.5 Å². The molecule has 0 spiro atoms. The highest BCUT2D eigenvalue weighted by Crippen LogP contribution is 2.22. The summed E-state index contributed by atoms with van der Waals surface area (Å²) < 4.78 is 0. The highest BCUT2D eigenvalue weighted by atomic mass is 16.4. The van der Waals surface area contributed by atoms with Crippen molar-refractivity contribution in [2.75, 3.05) is 13.1 Å². The lowest BCUT2D eigenvalue weighted by Crippen LogP contribution is -2.45. The Morgan fingerprint density at radius 1 is 1.05 bits per heavy atom. The summed E-state index contributed by atoms with van der Waals surface area (Å²) in [7, 11) is 0. The molecule has 108 valence electrons. The van der Waals surface area contributed by atoms with Gasteiger partial charge in [-0.3, -0.25) is 14.4 Å². The first-order valence-electron chi connectivity index (χ1n) is 6.52. The minimum atomic E-state index is -1.12. The zero-order valence-electron chi connectivity index (χ0n) is 10.9. The number of nitrogens with one attached hydrogen (secondary N) is 2. The Morgan fingerprint density at radius 2 is 1.74 bits per heavy atom. The van der Waals surface area contributed by atoms with Crippen LogP contribution in [0.1, 0.15) is 32.1 Å². The Balaban J connectivity index is 2.33. The lowest BCUT2D eigenvalue weighted by molar-refractivity contribution is -0.137. The van der Waals surface area contributed by atoms with E-state index < -0.39 is 18.4 Å². The average Bonchev–Trinajstić information content (AvgIpc) is 2.58. The van der Waals surface area contributed by atoms with Gasteiger partial charge in [0.25, 0.3) is 0 Å². The van der Waals surface area contributed by atoms with Crippen LogP contribution in [0.5, 0.6) is 0 Å². The molecule has 0 saturated heterocycles. The smallest absolute Gasteiger partial charge is 0.322 e. The molecule has 19 heavy (non-hydrogen) atoms. The number of nitrogens with two attached hydrogens (primary N) is 1. The van der Waals surface area contributed by atoms with Crippen LogP contribution in [0.15, 0.2) is 0 Å². The van der Waals surface area contributed by atoms with Gasteiger partial charge in [0, 0.05) is 6.04 Å². The lowest BCUT2D eigenvalue weighted by atomic mass is 9.94. The van der Waals surface area contributed by atoms with E-state index in [0.29, 0.717) is 0 Å². The topological polar surface area (TPSA) is 122 Å². The first-order chi connectivity index (χ1) is 9.00. The fraction of sp³-hybridized carbons (Fsp3) is 0.750. The molecule has 2 unspecified atom stereocenters. The molecule has 5 N–H and O–H groups in total. The van der Waals surface area contributed by atoms with Crippen molar-refractivity contribution in [3.8, 4) is 0 Å². The molecule has 0 heterocycles. The van der Waals surface area contributed by atoms with E-state index in [0.717, 1.165) is 32.1 Å². The van der Waals surface area contributed by atoms with E-state index in [4.69, 9.17) is 10.8 Å². The van der Waals surface area contributed by atoms with Crippen molar-refractivity contribution in [2.24, 2.45) is 11.7 Å². The maximum Gasteiger partial charge on any atom is 0.322 e. The van der Waals surface area contributed by atoms with Gasteiger partial charge in [0.15, 0.2) is 0 Å². The quantitative estimate of drug-likeness (QED) is 0.488. The molecule has 7 heteroatoms. The van der Waals surface area contributed by atoms with Crippen molar-refractivity contribution < 1.29 is 19.5 Å². The second-order valence-corrected chi connectivity index (χ2v) is 4.80. The summed E-state index contributed by atoms with van der Waals surface area (Å²) in [6.45, 7) is -0.660. The lowest BCUT2D eigenvalue weighted by Gasteiger charge is -2.20. The zero-order chi connectivity index (χ0) is 14.3. The van der Waals surface area contributed by atoms with Crippen LogP contribution in [0.3, 0.4) is 0 Å². The second-order valence-electron chi connectivity index (χ2n) is 4.80. The molecule has 1 saturated carbocycles. The number of rotatable bonds is 5. The molecule has 2 amide bonds. The summed E-state index contributed by atoms with van der Waals surface area (Å²) in [4.78, 5) is 33.4. The molecule has 2 atom stereocenters. The number of amides is 2. The standard InChI is InChI=1S/C12H21N3O4/c13-9-5-3-1-2-4-8(9)12(19)15-6-10(16)14-7-11(17)18/h8-9H,1-7,13H2,(H,14,16)(H,15,19)(H,17,18). The summed E-state index contributed by atoms with van der Waals surface area (Å²) in [5.41, 5.74) is 5.95. The molecule has 0 aromatic carbocycles. The van der Waals surface area contributed by atoms with Crippen LogP contribution in [-0.2, 0) is 14.4 Å². The van der Waals surface area contributed by atoms with Crippen molar-refractivity contribution in [3.63, 3.8) is 0 Å². The van der Waals surface area contributed by atoms with Crippen molar-refractivity contribution in [3.05, 3.63) is 0 Å². The van der Waals surface area contributed by atoms with Gasteiger partial charge in [-0.05, 0) is 12.8 Å². The van der Waals surface area contributed by atoms with Crippen molar-refractivity contribution >= 4 is 17.8 Å². The predicted molar refractivity (Wildman–Crippen MR) is 68.2 cm³/mol. The fourth-order valence-corrected chi connectivity index (χ4v) is 2.20. The average molecular weight is 271 g/mol.